The van der Waals surface area contributed by atoms with Gasteiger partial charge in [0, 0.05) is 13.0 Å². The molecule has 0 aliphatic carbocycles. The van der Waals surface area contributed by atoms with Gasteiger partial charge < -0.3 is 64.2 Å². The Bertz CT molecular complexity index is 1260. The summed E-state index contributed by atoms with van der Waals surface area (Å²) in [5, 5.41) is 72.1. The van der Waals surface area contributed by atoms with Crippen LogP contribution in [0.25, 0.3) is 0 Å². The van der Waals surface area contributed by atoms with E-state index >= 15 is 0 Å². The molecule has 7 N–H and O–H groups in total. The first-order chi connectivity index (χ1) is 33.1. The maximum absolute atomic E-state index is 13.0. The van der Waals surface area contributed by atoms with Crippen molar-refractivity contribution >= 4 is 5.97 Å². The van der Waals surface area contributed by atoms with E-state index in [0.29, 0.717) is 13.0 Å². The molecule has 0 amide bonds. The number of rotatable bonds is 43. The molecule has 0 saturated carbocycles. The number of carbonyl (C=O) groups is 1. The van der Waals surface area contributed by atoms with Crippen molar-refractivity contribution in [1.29, 1.82) is 0 Å². The van der Waals surface area contributed by atoms with E-state index in [-0.39, 0.29) is 25.6 Å². The Labute approximate surface area is 410 Å². The molecule has 0 bridgehead atoms. The highest BCUT2D eigenvalue weighted by Gasteiger charge is 2.47. The Morgan fingerprint density at radius 3 is 1.43 bits per heavy atom. The van der Waals surface area contributed by atoms with Crippen molar-refractivity contribution in [3.05, 3.63) is 36.5 Å². The number of aliphatic hydroxyl groups excluding tert-OH is 7. The molecule has 2 aliphatic rings. The number of ether oxygens (including phenoxy) is 6. The minimum Gasteiger partial charge on any atom is -0.457 e. The number of carbonyl (C=O) groups excluding carboxylic acids is 1. The van der Waals surface area contributed by atoms with E-state index in [9.17, 15) is 40.5 Å². The normalized spacial score (nSPS) is 26.1. The van der Waals surface area contributed by atoms with Crippen LogP contribution in [0, 0.1) is 0 Å². The summed E-state index contributed by atoms with van der Waals surface area (Å²) in [5.74, 6) is -0.380. The first kappa shape index (κ1) is 62.3. The number of aliphatic hydroxyl groups is 7. The summed E-state index contributed by atoms with van der Waals surface area (Å²) in [6.45, 7) is 3.66. The summed E-state index contributed by atoms with van der Waals surface area (Å²) in [5.41, 5.74) is 0. The van der Waals surface area contributed by atoms with Crippen LogP contribution in [0.1, 0.15) is 200 Å². The van der Waals surface area contributed by atoms with Gasteiger partial charge in [-0.1, -0.05) is 179 Å². The lowest BCUT2D eigenvalue weighted by atomic mass is 9.98. The minimum absolute atomic E-state index is 0.0570. The smallest absolute Gasteiger partial charge is 0.306 e. The van der Waals surface area contributed by atoms with Gasteiger partial charge in [-0.15, -0.1) is 0 Å². The predicted molar refractivity (Wildman–Crippen MR) is 266 cm³/mol. The van der Waals surface area contributed by atoms with Crippen LogP contribution >= 0.6 is 0 Å². The topological polar surface area (TPSA) is 214 Å². The van der Waals surface area contributed by atoms with Gasteiger partial charge in [-0.3, -0.25) is 4.79 Å². The van der Waals surface area contributed by atoms with E-state index in [1.165, 1.54) is 116 Å². The van der Waals surface area contributed by atoms with E-state index < -0.39 is 80.7 Å². The summed E-state index contributed by atoms with van der Waals surface area (Å²) in [7, 11) is 0. The molecule has 2 saturated heterocycles. The van der Waals surface area contributed by atoms with E-state index in [4.69, 9.17) is 28.4 Å². The Morgan fingerprint density at radius 2 is 0.912 bits per heavy atom. The lowest BCUT2D eigenvalue weighted by Crippen LogP contribution is -2.61. The molecule has 68 heavy (non-hydrogen) atoms. The Hall–Kier alpha value is -1.79. The zero-order valence-electron chi connectivity index (χ0n) is 42.3. The first-order valence-corrected chi connectivity index (χ1v) is 27.1. The highest BCUT2D eigenvalue weighted by Crippen LogP contribution is 2.26. The number of unbranched alkanes of at least 4 members (excludes halogenated alkanes) is 23. The molecule has 2 fully saturated rings. The number of hydrogen-bond acceptors (Lipinski definition) is 14. The molecule has 2 aliphatic heterocycles. The average Bonchev–Trinajstić information content (AvgIpc) is 3.33. The van der Waals surface area contributed by atoms with Crippen molar-refractivity contribution in [2.24, 2.45) is 0 Å². The van der Waals surface area contributed by atoms with Gasteiger partial charge in [0.25, 0.3) is 0 Å². The quantitative estimate of drug-likeness (QED) is 0.0173. The van der Waals surface area contributed by atoms with Crippen molar-refractivity contribution in [2.75, 3.05) is 33.0 Å². The van der Waals surface area contributed by atoms with E-state index in [2.05, 4.69) is 50.3 Å². The summed E-state index contributed by atoms with van der Waals surface area (Å²) >= 11 is 0. The maximum atomic E-state index is 13.0. The SMILES string of the molecule is CCCCCCC/C=C\C/C=C\C/C=C\CCCCCCCCCOCC(COC1OC(COC2OC(CO)C(O)C(O)C2O)C(O)C(O)C1O)OC(=O)CCCCCCCCCCCCCC. The molecule has 11 atom stereocenters. The molecule has 2 heterocycles. The molecule has 14 nitrogen and oxygen atoms in total. The van der Waals surface area contributed by atoms with Crippen LogP contribution in [-0.4, -0.2) is 142 Å². The molecular weight excluding hydrogens is 873 g/mol. The molecule has 398 valence electrons. The maximum Gasteiger partial charge on any atom is 0.306 e. The summed E-state index contributed by atoms with van der Waals surface area (Å²) in [6.07, 6.45) is 30.6. The molecule has 0 aromatic heterocycles. The van der Waals surface area contributed by atoms with Crippen molar-refractivity contribution in [2.45, 2.75) is 268 Å². The van der Waals surface area contributed by atoms with Crippen LogP contribution in [0.5, 0.6) is 0 Å². The lowest BCUT2D eigenvalue weighted by molar-refractivity contribution is -0.332. The minimum atomic E-state index is -1.71. The summed E-state index contributed by atoms with van der Waals surface area (Å²) in [6, 6.07) is 0. The number of esters is 1. The number of hydrogen-bond donors (Lipinski definition) is 7. The average molecular weight is 971 g/mol. The summed E-state index contributed by atoms with van der Waals surface area (Å²) < 4.78 is 34.3. The fourth-order valence-electron chi connectivity index (χ4n) is 8.47. The highest BCUT2D eigenvalue weighted by atomic mass is 16.7. The zero-order chi connectivity index (χ0) is 49.5. The van der Waals surface area contributed by atoms with Crippen LogP contribution in [0.3, 0.4) is 0 Å². The third kappa shape index (κ3) is 28.9. The van der Waals surface area contributed by atoms with E-state index in [1.807, 2.05) is 0 Å². The van der Waals surface area contributed by atoms with Gasteiger partial charge in [0.05, 0.1) is 26.4 Å². The van der Waals surface area contributed by atoms with Crippen molar-refractivity contribution in [3.8, 4) is 0 Å². The number of allylic oxidation sites excluding steroid dienone is 6. The van der Waals surface area contributed by atoms with E-state index in [1.54, 1.807) is 0 Å². The molecule has 0 aromatic rings. The fraction of sp³-hybridized carbons (Fsp3) is 0.870. The van der Waals surface area contributed by atoms with Gasteiger partial charge in [0.2, 0.25) is 0 Å². The van der Waals surface area contributed by atoms with Crippen LogP contribution in [0.15, 0.2) is 36.5 Å². The molecule has 2 rings (SSSR count). The second-order valence-electron chi connectivity index (χ2n) is 19.1. The van der Waals surface area contributed by atoms with Gasteiger partial charge in [0.1, 0.15) is 54.9 Å². The second kappa shape index (κ2) is 41.8. The van der Waals surface area contributed by atoms with Gasteiger partial charge >= 0.3 is 5.97 Å². The highest BCUT2D eigenvalue weighted by molar-refractivity contribution is 5.69. The Kier molecular flexibility index (Phi) is 38.3. The largest absolute Gasteiger partial charge is 0.457 e. The van der Waals surface area contributed by atoms with E-state index in [0.717, 1.165) is 57.8 Å². The molecular formula is C54H98O14. The van der Waals surface area contributed by atoms with Crippen molar-refractivity contribution in [1.82, 2.24) is 0 Å². The molecule has 11 unspecified atom stereocenters. The lowest BCUT2D eigenvalue weighted by Gasteiger charge is -2.42. The predicted octanol–water partition coefficient (Wildman–Crippen LogP) is 8.58. The monoisotopic (exact) mass is 971 g/mol. The van der Waals surface area contributed by atoms with Crippen LogP contribution in [-0.2, 0) is 33.2 Å². The van der Waals surface area contributed by atoms with Gasteiger partial charge in [-0.2, -0.15) is 0 Å². The van der Waals surface area contributed by atoms with Crippen molar-refractivity contribution < 1.29 is 69.0 Å². The first-order valence-electron chi connectivity index (χ1n) is 27.1. The van der Waals surface area contributed by atoms with Gasteiger partial charge in [-0.25, -0.2) is 0 Å². The third-order valence-electron chi connectivity index (χ3n) is 12.9. The van der Waals surface area contributed by atoms with Gasteiger partial charge in [0.15, 0.2) is 12.6 Å². The molecule has 0 aromatic carbocycles. The second-order valence-corrected chi connectivity index (χ2v) is 19.1. The van der Waals surface area contributed by atoms with Crippen LogP contribution < -0.4 is 0 Å². The Morgan fingerprint density at radius 1 is 0.485 bits per heavy atom. The molecule has 14 heteroatoms. The third-order valence-corrected chi connectivity index (χ3v) is 12.9. The fourth-order valence-corrected chi connectivity index (χ4v) is 8.47. The van der Waals surface area contributed by atoms with Crippen LogP contribution in [0.2, 0.25) is 0 Å². The van der Waals surface area contributed by atoms with Crippen molar-refractivity contribution in [3.63, 3.8) is 0 Å². The molecule has 0 spiro atoms. The van der Waals surface area contributed by atoms with Crippen LogP contribution in [0.4, 0.5) is 0 Å². The zero-order valence-corrected chi connectivity index (χ0v) is 42.3. The standard InChI is InChI=1S/C54H98O14/c1-3-5-7-9-11-13-15-17-18-19-20-21-22-23-24-25-26-28-30-32-34-36-38-63-40-43(66-46(56)37-35-33-31-29-27-16-14-12-10-8-6-4-2)41-64-53-52(62)50(60)48(58)45(68-53)42-65-54-51(61)49(59)47(57)44(39-55)67-54/h15,17,19-20,22-23,43-45,47-55,57-62H,3-14,16,18,21,24-42H2,1-2H3/b17-15-,20-19-,23-22-. The van der Waals surface area contributed by atoms with Gasteiger partial charge in [-0.05, 0) is 51.4 Å². The summed E-state index contributed by atoms with van der Waals surface area (Å²) in [4.78, 5) is 13.0. The Balaban J connectivity index is 1.73. The molecule has 0 radical (unpaired) electrons.